The van der Waals surface area contributed by atoms with E-state index in [0.29, 0.717) is 5.56 Å². The van der Waals surface area contributed by atoms with Crippen LogP contribution in [-0.4, -0.2) is 21.8 Å². The Morgan fingerprint density at radius 2 is 2.17 bits per heavy atom. The Bertz CT molecular complexity index is 503. The van der Waals surface area contributed by atoms with Crippen LogP contribution >= 0.6 is 0 Å². The van der Waals surface area contributed by atoms with Gasteiger partial charge < -0.3 is 11.1 Å². The first kappa shape index (κ1) is 12.4. The number of hydrogen-bond donors (Lipinski definition) is 3. The first-order valence-electron chi connectivity index (χ1n) is 4.97. The van der Waals surface area contributed by atoms with Crippen molar-refractivity contribution in [1.82, 2.24) is 15.1 Å². The van der Waals surface area contributed by atoms with Crippen LogP contribution < -0.4 is 16.8 Å². The Labute approximate surface area is 100 Å². The lowest BCUT2D eigenvalue weighted by atomic mass is 10.2. The molecule has 1 aromatic rings. The second-order valence-electron chi connectivity index (χ2n) is 3.82. The van der Waals surface area contributed by atoms with Crippen LogP contribution in [0.4, 0.5) is 13.2 Å². The minimum absolute atomic E-state index is 0.180. The summed E-state index contributed by atoms with van der Waals surface area (Å²) in [6.45, 7) is -1.18. The number of nitrogens with one attached hydrogen (secondary N) is 1. The number of aromatic nitrogens is 2. The smallest absolute Gasteiger partial charge is 0.384 e. The van der Waals surface area contributed by atoms with Crippen molar-refractivity contribution in [1.29, 1.82) is 0 Å². The van der Waals surface area contributed by atoms with E-state index >= 15 is 0 Å². The van der Waals surface area contributed by atoms with E-state index in [9.17, 15) is 13.2 Å². The first-order chi connectivity index (χ1) is 8.28. The molecule has 0 bridgehead atoms. The Hall–Kier alpha value is -2.03. The SMILES string of the molecule is NC1=NC(N)(c2cnn(CC(F)(F)F)c2)NC=C1. The zero-order chi connectivity index (χ0) is 13.4. The van der Waals surface area contributed by atoms with E-state index in [-0.39, 0.29) is 5.84 Å². The number of nitrogens with zero attached hydrogens (tertiary/aromatic N) is 3. The topological polar surface area (TPSA) is 94.2 Å². The van der Waals surface area contributed by atoms with Gasteiger partial charge in [-0.25, -0.2) is 4.99 Å². The van der Waals surface area contributed by atoms with Crippen LogP contribution in [0.15, 0.2) is 29.7 Å². The summed E-state index contributed by atoms with van der Waals surface area (Å²) in [6, 6.07) is 0. The molecular weight excluding hydrogens is 249 g/mol. The lowest BCUT2D eigenvalue weighted by molar-refractivity contribution is -0.142. The number of aliphatic imine (C=N–C) groups is 1. The molecule has 0 aromatic carbocycles. The minimum atomic E-state index is -4.34. The van der Waals surface area contributed by atoms with E-state index in [4.69, 9.17) is 11.5 Å². The van der Waals surface area contributed by atoms with Crippen LogP contribution in [-0.2, 0) is 12.3 Å². The largest absolute Gasteiger partial charge is 0.408 e. The molecule has 1 atom stereocenters. The highest BCUT2D eigenvalue weighted by Gasteiger charge is 2.32. The zero-order valence-corrected chi connectivity index (χ0v) is 9.15. The highest BCUT2D eigenvalue weighted by Crippen LogP contribution is 2.21. The highest BCUT2D eigenvalue weighted by atomic mass is 19.4. The molecule has 0 saturated carbocycles. The summed E-state index contributed by atoms with van der Waals surface area (Å²) in [6.07, 6.45) is 1.02. The summed E-state index contributed by atoms with van der Waals surface area (Å²) < 4.78 is 37.3. The van der Waals surface area contributed by atoms with Crippen molar-refractivity contribution in [3.05, 3.63) is 30.2 Å². The van der Waals surface area contributed by atoms with Gasteiger partial charge in [-0.1, -0.05) is 0 Å². The summed E-state index contributed by atoms with van der Waals surface area (Å²) in [5.41, 5.74) is 11.7. The summed E-state index contributed by atoms with van der Waals surface area (Å²) in [5.74, 6) is -1.21. The monoisotopic (exact) mass is 260 g/mol. The number of hydrogen-bond acceptors (Lipinski definition) is 5. The molecule has 1 unspecified atom stereocenters. The maximum absolute atomic E-state index is 12.2. The molecule has 0 aliphatic carbocycles. The predicted octanol–water partition coefficient (Wildman–Crippen LogP) is -0.0115. The van der Waals surface area contributed by atoms with Crippen molar-refractivity contribution < 1.29 is 13.2 Å². The van der Waals surface area contributed by atoms with Gasteiger partial charge in [-0.3, -0.25) is 10.4 Å². The van der Waals surface area contributed by atoms with Gasteiger partial charge in [-0.15, -0.1) is 0 Å². The fraction of sp³-hybridized carbons (Fsp3) is 0.333. The lowest BCUT2D eigenvalue weighted by Gasteiger charge is -2.27. The predicted molar refractivity (Wildman–Crippen MR) is 58.0 cm³/mol. The Kier molecular flexibility index (Phi) is 2.77. The van der Waals surface area contributed by atoms with Crippen LogP contribution in [0.3, 0.4) is 0 Å². The van der Waals surface area contributed by atoms with Crippen LogP contribution in [0.5, 0.6) is 0 Å². The molecule has 18 heavy (non-hydrogen) atoms. The Morgan fingerprint density at radius 3 is 2.78 bits per heavy atom. The van der Waals surface area contributed by atoms with Gasteiger partial charge in [0.1, 0.15) is 12.4 Å². The summed E-state index contributed by atoms with van der Waals surface area (Å²) in [4.78, 5) is 3.93. The third-order valence-electron chi connectivity index (χ3n) is 2.28. The van der Waals surface area contributed by atoms with E-state index in [1.165, 1.54) is 24.7 Å². The fourth-order valence-corrected chi connectivity index (χ4v) is 1.51. The average Bonchev–Trinajstić information content (AvgIpc) is 2.63. The van der Waals surface area contributed by atoms with E-state index in [1.54, 1.807) is 0 Å². The molecule has 6 nitrogen and oxygen atoms in total. The van der Waals surface area contributed by atoms with E-state index < -0.39 is 18.5 Å². The van der Waals surface area contributed by atoms with Crippen molar-refractivity contribution in [2.75, 3.05) is 0 Å². The molecule has 0 fully saturated rings. The van der Waals surface area contributed by atoms with Crippen molar-refractivity contribution in [3.63, 3.8) is 0 Å². The standard InChI is InChI=1S/C9H11F3N6/c10-8(11,12)5-18-4-6(3-16-18)9(14)15-2-1-7(13)17-9/h1-4,15H,5,14H2,(H2,13,17). The summed E-state index contributed by atoms with van der Waals surface area (Å²) >= 11 is 0. The van der Waals surface area contributed by atoms with Crippen LogP contribution in [0.25, 0.3) is 0 Å². The molecule has 1 aromatic heterocycles. The summed E-state index contributed by atoms with van der Waals surface area (Å²) in [5, 5.41) is 6.30. The molecule has 98 valence electrons. The van der Waals surface area contributed by atoms with Gasteiger partial charge in [0.15, 0.2) is 0 Å². The van der Waals surface area contributed by atoms with Crippen molar-refractivity contribution in [2.24, 2.45) is 16.5 Å². The van der Waals surface area contributed by atoms with Gasteiger partial charge in [-0.05, 0) is 6.08 Å². The number of amidine groups is 1. The van der Waals surface area contributed by atoms with Gasteiger partial charge in [0.05, 0.1) is 11.8 Å². The molecule has 9 heteroatoms. The third-order valence-corrected chi connectivity index (χ3v) is 2.28. The fourth-order valence-electron chi connectivity index (χ4n) is 1.51. The molecule has 0 saturated heterocycles. The molecule has 0 radical (unpaired) electrons. The van der Waals surface area contributed by atoms with Gasteiger partial charge in [-0.2, -0.15) is 18.3 Å². The first-order valence-corrected chi connectivity index (χ1v) is 4.97. The highest BCUT2D eigenvalue weighted by molar-refractivity contribution is 5.92. The number of alkyl halides is 3. The van der Waals surface area contributed by atoms with Crippen molar-refractivity contribution >= 4 is 5.84 Å². The zero-order valence-electron chi connectivity index (χ0n) is 9.15. The summed E-state index contributed by atoms with van der Waals surface area (Å²) in [7, 11) is 0. The van der Waals surface area contributed by atoms with Gasteiger partial charge in [0, 0.05) is 12.4 Å². The third kappa shape index (κ3) is 2.62. The second-order valence-corrected chi connectivity index (χ2v) is 3.82. The van der Waals surface area contributed by atoms with Gasteiger partial charge >= 0.3 is 6.18 Å². The minimum Gasteiger partial charge on any atom is -0.384 e. The Balaban J connectivity index is 2.23. The normalized spacial score (nSPS) is 23.7. The van der Waals surface area contributed by atoms with Gasteiger partial charge in [0.25, 0.3) is 0 Å². The van der Waals surface area contributed by atoms with Crippen molar-refractivity contribution in [2.45, 2.75) is 18.5 Å². The van der Waals surface area contributed by atoms with Crippen LogP contribution in [0, 0.1) is 0 Å². The maximum Gasteiger partial charge on any atom is 0.408 e. The molecule has 5 N–H and O–H groups in total. The van der Waals surface area contributed by atoms with Crippen molar-refractivity contribution in [3.8, 4) is 0 Å². The quantitative estimate of drug-likeness (QED) is 0.697. The van der Waals surface area contributed by atoms with E-state index in [2.05, 4.69) is 15.4 Å². The number of rotatable bonds is 2. The second kappa shape index (κ2) is 4.02. The number of nitrogens with two attached hydrogens (primary N) is 2. The molecule has 1 aliphatic rings. The molecule has 2 rings (SSSR count). The number of halogens is 3. The van der Waals surface area contributed by atoms with E-state index in [1.807, 2.05) is 0 Å². The molecule has 1 aliphatic heterocycles. The van der Waals surface area contributed by atoms with E-state index in [0.717, 1.165) is 4.68 Å². The Morgan fingerprint density at radius 1 is 1.44 bits per heavy atom. The molecular formula is C9H11F3N6. The van der Waals surface area contributed by atoms with Crippen LogP contribution in [0.2, 0.25) is 0 Å². The molecule has 0 spiro atoms. The lowest BCUT2D eigenvalue weighted by Crippen LogP contribution is -2.49. The van der Waals surface area contributed by atoms with Gasteiger partial charge in [0.2, 0.25) is 5.79 Å². The maximum atomic E-state index is 12.2. The average molecular weight is 260 g/mol. The molecule has 0 amide bonds. The van der Waals surface area contributed by atoms with Crippen LogP contribution in [0.1, 0.15) is 5.56 Å². The molecule has 2 heterocycles.